The van der Waals surface area contributed by atoms with Crippen molar-refractivity contribution in [3.05, 3.63) is 40.6 Å². The van der Waals surface area contributed by atoms with Gasteiger partial charge in [0.25, 0.3) is 0 Å². The van der Waals surface area contributed by atoms with Gasteiger partial charge in [-0.05, 0) is 30.5 Å². The number of nitrogens with two attached hydrogens (primary N) is 2. The summed E-state index contributed by atoms with van der Waals surface area (Å²) in [7, 11) is 0. The zero-order valence-corrected chi connectivity index (χ0v) is 11.7. The van der Waals surface area contributed by atoms with E-state index in [0.29, 0.717) is 12.2 Å². The zero-order valence-electron chi connectivity index (χ0n) is 11.7. The summed E-state index contributed by atoms with van der Waals surface area (Å²) in [5, 5.41) is 0. The number of hydrogen-bond acceptors (Lipinski definition) is 5. The Morgan fingerprint density at radius 2 is 2.15 bits per heavy atom. The summed E-state index contributed by atoms with van der Waals surface area (Å²) in [6.07, 6.45) is 3.61. The number of fused-ring (bicyclic) bond motifs is 1. The Balaban J connectivity index is 1.92. The Morgan fingerprint density at radius 3 is 2.90 bits per heavy atom. The molecule has 1 aliphatic heterocycles. The van der Waals surface area contributed by atoms with Crippen LogP contribution in [-0.2, 0) is 12.8 Å². The molecule has 0 radical (unpaired) electrons. The maximum Gasteiger partial charge on any atom is 0.221 e. The molecule has 2 heterocycles. The van der Waals surface area contributed by atoms with E-state index >= 15 is 0 Å². The predicted molar refractivity (Wildman–Crippen MR) is 78.6 cm³/mol. The van der Waals surface area contributed by atoms with Gasteiger partial charge in [0.1, 0.15) is 17.7 Å². The van der Waals surface area contributed by atoms with Crippen LogP contribution in [0, 0.1) is 6.92 Å². The van der Waals surface area contributed by atoms with Gasteiger partial charge in [-0.3, -0.25) is 0 Å². The van der Waals surface area contributed by atoms with Crippen LogP contribution in [0.1, 0.15) is 29.2 Å². The third-order valence-corrected chi connectivity index (χ3v) is 3.55. The van der Waals surface area contributed by atoms with Crippen molar-refractivity contribution in [2.45, 2.75) is 32.8 Å². The van der Waals surface area contributed by atoms with Crippen LogP contribution in [0.4, 0.5) is 11.8 Å². The first-order chi connectivity index (χ1) is 9.52. The summed E-state index contributed by atoms with van der Waals surface area (Å²) in [5.41, 5.74) is 15.9. The first-order valence-corrected chi connectivity index (χ1v) is 6.69. The predicted octanol–water partition coefficient (Wildman–Crippen LogP) is 1.86. The third-order valence-electron chi connectivity index (χ3n) is 3.55. The molecule has 0 saturated carbocycles. The van der Waals surface area contributed by atoms with Crippen molar-refractivity contribution in [3.8, 4) is 5.75 Å². The summed E-state index contributed by atoms with van der Waals surface area (Å²) in [6.45, 7) is 4.16. The van der Waals surface area contributed by atoms with Crippen molar-refractivity contribution in [2.24, 2.45) is 0 Å². The number of aromatic nitrogens is 2. The van der Waals surface area contributed by atoms with Gasteiger partial charge in [0, 0.05) is 24.6 Å². The van der Waals surface area contributed by atoms with E-state index in [4.69, 9.17) is 16.2 Å². The van der Waals surface area contributed by atoms with Crippen LogP contribution >= 0.6 is 0 Å². The Bertz CT molecular complexity index is 669. The maximum absolute atomic E-state index is 5.89. The van der Waals surface area contributed by atoms with Crippen molar-refractivity contribution in [3.63, 3.8) is 0 Å². The summed E-state index contributed by atoms with van der Waals surface area (Å²) in [4.78, 5) is 8.00. The number of aryl methyl sites for hydroxylation is 1. The van der Waals surface area contributed by atoms with Gasteiger partial charge >= 0.3 is 0 Å². The number of hydrogen-bond donors (Lipinski definition) is 2. The van der Waals surface area contributed by atoms with Crippen LogP contribution in [0.15, 0.2) is 18.3 Å². The molecule has 4 N–H and O–H groups in total. The number of benzene rings is 1. The average molecular weight is 270 g/mol. The highest BCUT2D eigenvalue weighted by Gasteiger charge is 2.21. The van der Waals surface area contributed by atoms with Gasteiger partial charge in [0.2, 0.25) is 5.95 Å². The van der Waals surface area contributed by atoms with Gasteiger partial charge in [-0.25, -0.2) is 4.98 Å². The standard InChI is InChI=1S/C15H18N4O/c1-8-3-10(5-11-4-9(2)20-13(8)11)6-12-7-18-15(17)19-14(12)16/h3,5,7,9H,4,6H2,1-2H3,(H4,16,17,18,19)/t9-/m0/s1. The topological polar surface area (TPSA) is 87.0 Å². The molecule has 0 amide bonds. The van der Waals surface area contributed by atoms with E-state index in [9.17, 15) is 0 Å². The summed E-state index contributed by atoms with van der Waals surface area (Å²) in [6, 6.07) is 4.31. The van der Waals surface area contributed by atoms with Crippen molar-refractivity contribution in [2.75, 3.05) is 11.5 Å². The number of nitrogen functional groups attached to an aromatic ring is 2. The molecule has 104 valence electrons. The quantitative estimate of drug-likeness (QED) is 0.869. The molecule has 0 spiro atoms. The molecule has 5 heteroatoms. The van der Waals surface area contributed by atoms with E-state index in [1.807, 2.05) is 0 Å². The normalized spacial score (nSPS) is 16.8. The van der Waals surface area contributed by atoms with Crippen LogP contribution < -0.4 is 16.2 Å². The van der Waals surface area contributed by atoms with Gasteiger partial charge in [0.05, 0.1) is 0 Å². The molecule has 1 atom stereocenters. The summed E-state index contributed by atoms with van der Waals surface area (Å²) in [5.74, 6) is 1.68. The number of anilines is 2. The molecule has 3 rings (SSSR count). The second-order valence-corrected chi connectivity index (χ2v) is 5.35. The van der Waals surface area contributed by atoms with E-state index in [1.54, 1.807) is 6.20 Å². The van der Waals surface area contributed by atoms with Crippen molar-refractivity contribution in [1.82, 2.24) is 9.97 Å². The maximum atomic E-state index is 5.89. The highest BCUT2D eigenvalue weighted by Crippen LogP contribution is 2.34. The molecule has 0 bridgehead atoms. The fourth-order valence-corrected chi connectivity index (χ4v) is 2.69. The number of rotatable bonds is 2. The minimum Gasteiger partial charge on any atom is -0.490 e. The lowest BCUT2D eigenvalue weighted by molar-refractivity contribution is 0.253. The van der Waals surface area contributed by atoms with Crippen molar-refractivity contribution >= 4 is 11.8 Å². The van der Waals surface area contributed by atoms with E-state index in [-0.39, 0.29) is 12.1 Å². The minimum absolute atomic E-state index is 0.207. The highest BCUT2D eigenvalue weighted by atomic mass is 16.5. The number of ether oxygens (including phenoxy) is 1. The van der Waals surface area contributed by atoms with Crippen molar-refractivity contribution in [1.29, 1.82) is 0 Å². The van der Waals surface area contributed by atoms with Gasteiger partial charge in [-0.15, -0.1) is 0 Å². The summed E-state index contributed by atoms with van der Waals surface area (Å²) >= 11 is 0. The Kier molecular flexibility index (Phi) is 2.97. The molecule has 0 fully saturated rings. The van der Waals surface area contributed by atoms with Crippen molar-refractivity contribution < 1.29 is 4.74 Å². The smallest absolute Gasteiger partial charge is 0.221 e. The average Bonchev–Trinajstić information content (AvgIpc) is 2.74. The zero-order chi connectivity index (χ0) is 14.3. The Hall–Kier alpha value is -2.30. The monoisotopic (exact) mass is 270 g/mol. The second kappa shape index (κ2) is 4.67. The molecule has 1 aromatic carbocycles. The fourth-order valence-electron chi connectivity index (χ4n) is 2.69. The van der Waals surface area contributed by atoms with Crippen LogP contribution in [-0.4, -0.2) is 16.1 Å². The van der Waals surface area contributed by atoms with Gasteiger partial charge in [-0.2, -0.15) is 4.98 Å². The van der Waals surface area contributed by atoms with E-state index in [1.165, 1.54) is 11.1 Å². The number of nitrogens with zero attached hydrogens (tertiary/aromatic N) is 2. The lowest BCUT2D eigenvalue weighted by atomic mass is 9.99. The summed E-state index contributed by atoms with van der Waals surface area (Å²) < 4.78 is 5.82. The Labute approximate surface area is 118 Å². The largest absolute Gasteiger partial charge is 0.490 e. The molecular formula is C15H18N4O. The van der Waals surface area contributed by atoms with Gasteiger partial charge in [-0.1, -0.05) is 12.1 Å². The molecule has 0 saturated heterocycles. The van der Waals surface area contributed by atoms with Crippen LogP contribution in [0.2, 0.25) is 0 Å². The molecule has 1 aliphatic rings. The molecule has 20 heavy (non-hydrogen) atoms. The lowest BCUT2D eigenvalue weighted by Crippen LogP contribution is -2.05. The third kappa shape index (κ3) is 2.27. The fraction of sp³-hybridized carbons (Fsp3) is 0.333. The van der Waals surface area contributed by atoms with Crippen LogP contribution in [0.5, 0.6) is 5.75 Å². The molecule has 0 unspecified atom stereocenters. The second-order valence-electron chi connectivity index (χ2n) is 5.35. The molecule has 5 nitrogen and oxygen atoms in total. The van der Waals surface area contributed by atoms with Gasteiger partial charge in [0.15, 0.2) is 0 Å². The van der Waals surface area contributed by atoms with E-state index < -0.39 is 0 Å². The Morgan fingerprint density at radius 1 is 1.35 bits per heavy atom. The van der Waals surface area contributed by atoms with E-state index in [2.05, 4.69) is 35.9 Å². The minimum atomic E-state index is 0.207. The van der Waals surface area contributed by atoms with Crippen LogP contribution in [0.3, 0.4) is 0 Å². The SMILES string of the molecule is Cc1cc(Cc2cnc(N)nc2N)cc2c1O[C@@H](C)C2. The molecule has 2 aromatic rings. The first kappa shape index (κ1) is 12.7. The molecule has 0 aliphatic carbocycles. The lowest BCUT2D eigenvalue weighted by Gasteiger charge is -2.09. The van der Waals surface area contributed by atoms with E-state index in [0.717, 1.165) is 23.3 Å². The molecular weight excluding hydrogens is 252 g/mol. The highest BCUT2D eigenvalue weighted by molar-refractivity contribution is 5.50. The van der Waals surface area contributed by atoms with Crippen LogP contribution in [0.25, 0.3) is 0 Å². The van der Waals surface area contributed by atoms with Gasteiger partial charge < -0.3 is 16.2 Å². The first-order valence-electron chi connectivity index (χ1n) is 6.69. The molecule has 1 aromatic heterocycles.